The first-order valence-corrected chi connectivity index (χ1v) is 10.4. The van der Waals surface area contributed by atoms with E-state index in [2.05, 4.69) is 10.3 Å². The Bertz CT molecular complexity index is 1070. The minimum absolute atomic E-state index is 0. The number of fused-ring (bicyclic) bond motifs is 2. The van der Waals surface area contributed by atoms with Crippen LogP contribution in [0.2, 0.25) is 0 Å². The Kier molecular flexibility index (Phi) is 7.89. The number of carbonyl (C=O) groups is 2. The first-order valence-electron chi connectivity index (χ1n) is 10.4. The van der Waals surface area contributed by atoms with Crippen LogP contribution >= 0.6 is 24.0 Å². The van der Waals surface area contributed by atoms with Gasteiger partial charge in [0, 0.05) is 32.6 Å². The van der Waals surface area contributed by atoms with Crippen molar-refractivity contribution in [2.75, 3.05) is 27.2 Å². The molecule has 1 aliphatic heterocycles. The van der Waals surface area contributed by atoms with Gasteiger partial charge in [-0.3, -0.25) is 19.5 Å². The van der Waals surface area contributed by atoms with E-state index in [1.165, 1.54) is 4.90 Å². The fraction of sp³-hybridized carbons (Fsp3) is 0.292. The Morgan fingerprint density at radius 1 is 1.03 bits per heavy atom. The van der Waals surface area contributed by atoms with Gasteiger partial charge < -0.3 is 14.6 Å². The van der Waals surface area contributed by atoms with Crippen molar-refractivity contribution in [1.82, 2.24) is 15.1 Å². The molecular weight excluding hydrogens is 519 g/mol. The van der Waals surface area contributed by atoms with Crippen LogP contribution in [0, 0.1) is 0 Å². The van der Waals surface area contributed by atoms with E-state index in [4.69, 9.17) is 4.42 Å². The number of nitrogens with zero attached hydrogens (tertiary/aromatic N) is 3. The fourth-order valence-electron chi connectivity index (χ4n) is 3.85. The van der Waals surface area contributed by atoms with Crippen LogP contribution in [0.15, 0.2) is 64.0 Å². The maximum absolute atomic E-state index is 12.4. The summed E-state index contributed by atoms with van der Waals surface area (Å²) in [6.45, 7) is 1.71. The van der Waals surface area contributed by atoms with E-state index in [-0.39, 0.29) is 35.8 Å². The van der Waals surface area contributed by atoms with Crippen LogP contribution in [0.25, 0.3) is 11.0 Å². The fourth-order valence-corrected chi connectivity index (χ4v) is 3.85. The summed E-state index contributed by atoms with van der Waals surface area (Å²) in [5.41, 5.74) is 1.87. The van der Waals surface area contributed by atoms with Crippen molar-refractivity contribution < 1.29 is 14.0 Å². The number of furan rings is 1. The summed E-state index contributed by atoms with van der Waals surface area (Å²) in [5.74, 6) is 1.24. The van der Waals surface area contributed by atoms with Crippen LogP contribution in [0.4, 0.5) is 0 Å². The summed E-state index contributed by atoms with van der Waals surface area (Å²) in [7, 11) is 3.71. The molecule has 3 aromatic rings. The molecule has 0 saturated carbocycles. The molecule has 1 aromatic heterocycles. The number of carbonyl (C=O) groups excluding carboxylic acids is 2. The van der Waals surface area contributed by atoms with Crippen molar-refractivity contribution in [2.45, 2.75) is 19.4 Å². The lowest BCUT2D eigenvalue weighted by molar-refractivity contribution is 0.0652. The van der Waals surface area contributed by atoms with E-state index < -0.39 is 0 Å². The number of hydrogen-bond acceptors (Lipinski definition) is 4. The molecular formula is C24H27IN4O3. The number of imide groups is 1. The Morgan fingerprint density at radius 3 is 2.34 bits per heavy atom. The third-order valence-electron chi connectivity index (χ3n) is 5.41. The number of aliphatic imine (C=N–C) groups is 1. The predicted molar refractivity (Wildman–Crippen MR) is 136 cm³/mol. The SMILES string of the molecule is CN=C(NCCCCN1C(=O)c2ccccc2C1=O)N(C)Cc1cc2ccccc2o1.I. The molecule has 2 heterocycles. The van der Waals surface area contributed by atoms with Gasteiger partial charge in [-0.05, 0) is 37.1 Å². The highest BCUT2D eigenvalue weighted by Crippen LogP contribution is 2.22. The van der Waals surface area contributed by atoms with E-state index in [1.807, 2.05) is 42.3 Å². The van der Waals surface area contributed by atoms with E-state index >= 15 is 0 Å². The average molecular weight is 546 g/mol. The van der Waals surface area contributed by atoms with Gasteiger partial charge in [-0.1, -0.05) is 30.3 Å². The van der Waals surface area contributed by atoms with Gasteiger partial charge in [-0.2, -0.15) is 0 Å². The molecule has 0 bridgehead atoms. The summed E-state index contributed by atoms with van der Waals surface area (Å²) < 4.78 is 5.89. The highest BCUT2D eigenvalue weighted by atomic mass is 127. The molecule has 0 spiro atoms. The molecule has 4 rings (SSSR count). The smallest absolute Gasteiger partial charge is 0.261 e. The van der Waals surface area contributed by atoms with Gasteiger partial charge in [0.25, 0.3) is 11.8 Å². The quantitative estimate of drug-likeness (QED) is 0.159. The predicted octanol–water partition coefficient (Wildman–Crippen LogP) is 4.13. The topological polar surface area (TPSA) is 78.2 Å². The van der Waals surface area contributed by atoms with Gasteiger partial charge in [0.05, 0.1) is 17.7 Å². The second-order valence-electron chi connectivity index (χ2n) is 7.60. The molecule has 2 amide bonds. The van der Waals surface area contributed by atoms with Gasteiger partial charge in [-0.25, -0.2) is 0 Å². The van der Waals surface area contributed by atoms with E-state index in [9.17, 15) is 9.59 Å². The molecule has 0 fully saturated rings. The lowest BCUT2D eigenvalue weighted by atomic mass is 10.1. The lowest BCUT2D eigenvalue weighted by Crippen LogP contribution is -2.39. The minimum Gasteiger partial charge on any atom is -0.459 e. The van der Waals surface area contributed by atoms with E-state index in [1.54, 1.807) is 31.3 Å². The summed E-state index contributed by atoms with van der Waals surface area (Å²) in [4.78, 5) is 32.5. The molecule has 0 atom stereocenters. The number of amides is 2. The number of unbranched alkanes of at least 4 members (excludes halogenated alkanes) is 1. The van der Waals surface area contributed by atoms with Crippen LogP contribution in [-0.2, 0) is 6.54 Å². The lowest BCUT2D eigenvalue weighted by Gasteiger charge is -2.21. The van der Waals surface area contributed by atoms with Gasteiger partial charge in [0.15, 0.2) is 5.96 Å². The molecule has 32 heavy (non-hydrogen) atoms. The summed E-state index contributed by atoms with van der Waals surface area (Å²) in [6, 6.07) is 17.0. The monoisotopic (exact) mass is 546 g/mol. The summed E-state index contributed by atoms with van der Waals surface area (Å²) in [5, 5.41) is 4.42. The molecule has 1 N–H and O–H groups in total. The Balaban J connectivity index is 0.00000289. The molecule has 168 valence electrons. The zero-order chi connectivity index (χ0) is 21.8. The molecule has 0 unspecified atom stereocenters. The largest absolute Gasteiger partial charge is 0.459 e. The molecule has 0 aliphatic carbocycles. The minimum atomic E-state index is -0.199. The normalized spacial score (nSPS) is 13.3. The molecule has 0 radical (unpaired) electrons. The van der Waals surface area contributed by atoms with Crippen LogP contribution in [0.3, 0.4) is 0 Å². The molecule has 2 aromatic carbocycles. The van der Waals surface area contributed by atoms with Crippen LogP contribution in [-0.4, -0.2) is 54.8 Å². The highest BCUT2D eigenvalue weighted by Gasteiger charge is 2.34. The van der Waals surface area contributed by atoms with Crippen molar-refractivity contribution in [3.8, 4) is 0 Å². The van der Waals surface area contributed by atoms with Gasteiger partial charge in [0.2, 0.25) is 0 Å². The second-order valence-corrected chi connectivity index (χ2v) is 7.60. The van der Waals surface area contributed by atoms with Crippen molar-refractivity contribution in [3.05, 3.63) is 71.5 Å². The Morgan fingerprint density at radius 2 is 1.69 bits per heavy atom. The van der Waals surface area contributed by atoms with Gasteiger partial charge >= 0.3 is 0 Å². The molecule has 7 nitrogen and oxygen atoms in total. The van der Waals surface area contributed by atoms with Crippen molar-refractivity contribution >= 4 is 52.7 Å². The van der Waals surface area contributed by atoms with Crippen molar-refractivity contribution in [2.24, 2.45) is 4.99 Å². The standard InChI is InChI=1S/C24H26N4O3.HI/c1-25-24(27(2)16-18-15-17-9-3-6-12-21(17)31-18)26-13-7-8-14-28-22(29)19-10-4-5-11-20(19)23(28)30;/h3-6,9-12,15H,7-8,13-14,16H2,1-2H3,(H,25,26);1H. The van der Waals surface area contributed by atoms with Crippen LogP contribution < -0.4 is 5.32 Å². The maximum atomic E-state index is 12.4. The first kappa shape index (κ1) is 23.8. The molecule has 1 aliphatic rings. The Labute approximate surface area is 204 Å². The number of nitrogens with one attached hydrogen (secondary N) is 1. The average Bonchev–Trinajstić information content (AvgIpc) is 3.29. The zero-order valence-electron chi connectivity index (χ0n) is 18.2. The van der Waals surface area contributed by atoms with Crippen LogP contribution in [0.1, 0.15) is 39.3 Å². The van der Waals surface area contributed by atoms with Crippen molar-refractivity contribution in [3.63, 3.8) is 0 Å². The molecule has 8 heteroatoms. The summed E-state index contributed by atoms with van der Waals surface area (Å²) >= 11 is 0. The first-order chi connectivity index (χ1) is 15.1. The van der Waals surface area contributed by atoms with Crippen molar-refractivity contribution in [1.29, 1.82) is 0 Å². The third kappa shape index (κ3) is 4.95. The Hall–Kier alpha value is -2.88. The third-order valence-corrected chi connectivity index (χ3v) is 5.41. The summed E-state index contributed by atoms with van der Waals surface area (Å²) in [6.07, 6.45) is 1.54. The number of guanidine groups is 1. The van der Waals surface area contributed by atoms with Crippen LogP contribution in [0.5, 0.6) is 0 Å². The van der Waals surface area contributed by atoms with E-state index in [0.29, 0.717) is 30.8 Å². The molecule has 0 saturated heterocycles. The van der Waals surface area contributed by atoms with E-state index in [0.717, 1.165) is 35.5 Å². The highest BCUT2D eigenvalue weighted by molar-refractivity contribution is 14.0. The number of para-hydroxylation sites is 1. The second kappa shape index (κ2) is 10.6. The maximum Gasteiger partial charge on any atom is 0.261 e. The van der Waals surface area contributed by atoms with Gasteiger partial charge in [-0.15, -0.1) is 24.0 Å². The zero-order valence-corrected chi connectivity index (χ0v) is 20.5. The number of halogens is 1. The number of benzene rings is 2. The van der Waals surface area contributed by atoms with Gasteiger partial charge in [0.1, 0.15) is 11.3 Å². The number of hydrogen-bond donors (Lipinski definition) is 1. The number of rotatable bonds is 7.